The Morgan fingerprint density at radius 1 is 1.43 bits per heavy atom. The third-order valence-electron chi connectivity index (χ3n) is 3.38. The summed E-state index contributed by atoms with van der Waals surface area (Å²) in [5, 5.41) is 2.97. The van der Waals surface area contributed by atoms with Gasteiger partial charge in [-0.15, -0.1) is 0 Å². The molecule has 0 aliphatic carbocycles. The number of carbonyl (C=O) groups is 1. The lowest BCUT2D eigenvalue weighted by Crippen LogP contribution is -2.41. The maximum absolute atomic E-state index is 11.9. The first-order chi connectivity index (χ1) is 10.2. The first kappa shape index (κ1) is 16.3. The van der Waals surface area contributed by atoms with E-state index in [2.05, 4.69) is 21.2 Å². The Balaban J connectivity index is 1.85. The molecule has 5 nitrogen and oxygen atoms in total. The number of halogens is 1. The van der Waals surface area contributed by atoms with Crippen molar-refractivity contribution in [3.63, 3.8) is 0 Å². The number of nitrogens with two attached hydrogens (primary N) is 1. The van der Waals surface area contributed by atoms with E-state index in [1.165, 1.54) is 0 Å². The van der Waals surface area contributed by atoms with Gasteiger partial charge in [-0.1, -0.05) is 15.9 Å². The van der Waals surface area contributed by atoms with Crippen molar-refractivity contribution in [3.8, 4) is 5.75 Å². The van der Waals surface area contributed by atoms with Crippen LogP contribution < -0.4 is 15.8 Å². The molecule has 3 N–H and O–H groups in total. The minimum absolute atomic E-state index is 0.0244. The molecular formula is C15H21BrN2O3. The van der Waals surface area contributed by atoms with E-state index in [0.717, 1.165) is 29.3 Å². The highest BCUT2D eigenvalue weighted by atomic mass is 79.9. The summed E-state index contributed by atoms with van der Waals surface area (Å²) < 4.78 is 11.9. The molecule has 6 heteroatoms. The first-order valence-corrected chi connectivity index (χ1v) is 7.96. The minimum atomic E-state index is -0.0940. The van der Waals surface area contributed by atoms with Crippen molar-refractivity contribution >= 4 is 21.8 Å². The predicted octanol–water partition coefficient (Wildman–Crippen LogP) is 1.62. The van der Waals surface area contributed by atoms with Crippen LogP contribution in [0.3, 0.4) is 0 Å². The number of hydrogen-bond donors (Lipinski definition) is 2. The molecule has 1 aromatic carbocycles. The van der Waals surface area contributed by atoms with Crippen LogP contribution in [-0.4, -0.2) is 38.3 Å². The second-order valence-electron chi connectivity index (χ2n) is 5.03. The lowest BCUT2D eigenvalue weighted by atomic mass is 10.1. The van der Waals surface area contributed by atoms with Gasteiger partial charge in [0.2, 0.25) is 0 Å². The average Bonchev–Trinajstić information content (AvgIpc) is 2.48. The summed E-state index contributed by atoms with van der Waals surface area (Å²) in [4.78, 5) is 11.9. The number of benzene rings is 1. The Hall–Kier alpha value is -1.11. The van der Waals surface area contributed by atoms with Crippen LogP contribution in [0, 0.1) is 0 Å². The SMILES string of the molecule is NCCc1cc(Br)ccc1OCC(=O)NC1CCOCC1. The van der Waals surface area contributed by atoms with Crippen molar-refractivity contribution in [2.24, 2.45) is 5.73 Å². The molecule has 0 bridgehead atoms. The topological polar surface area (TPSA) is 73.6 Å². The van der Waals surface area contributed by atoms with Crippen molar-refractivity contribution in [1.82, 2.24) is 5.32 Å². The standard InChI is InChI=1S/C15H21BrN2O3/c16-12-1-2-14(11(9-12)3-6-17)21-10-15(19)18-13-4-7-20-8-5-13/h1-2,9,13H,3-8,10,17H2,(H,18,19). The van der Waals surface area contributed by atoms with Gasteiger partial charge < -0.3 is 20.5 Å². The molecule has 0 unspecified atom stereocenters. The van der Waals surface area contributed by atoms with Gasteiger partial charge in [0.15, 0.2) is 6.61 Å². The molecule has 2 rings (SSSR count). The fourth-order valence-corrected chi connectivity index (χ4v) is 2.70. The zero-order chi connectivity index (χ0) is 15.1. The third kappa shape index (κ3) is 5.30. The number of rotatable bonds is 6. The van der Waals surface area contributed by atoms with Crippen LogP contribution in [0.4, 0.5) is 0 Å². The van der Waals surface area contributed by atoms with Crippen LogP contribution in [-0.2, 0) is 16.0 Å². The fraction of sp³-hybridized carbons (Fsp3) is 0.533. The van der Waals surface area contributed by atoms with Crippen LogP contribution in [0.15, 0.2) is 22.7 Å². The van der Waals surface area contributed by atoms with Gasteiger partial charge in [-0.3, -0.25) is 4.79 Å². The highest BCUT2D eigenvalue weighted by molar-refractivity contribution is 9.10. The summed E-state index contributed by atoms with van der Waals surface area (Å²) in [7, 11) is 0. The molecule has 1 aliphatic heterocycles. The molecule has 1 fully saturated rings. The van der Waals surface area contributed by atoms with E-state index in [4.69, 9.17) is 15.2 Å². The van der Waals surface area contributed by atoms with Crippen LogP contribution >= 0.6 is 15.9 Å². The van der Waals surface area contributed by atoms with Crippen LogP contribution in [0.2, 0.25) is 0 Å². The molecule has 1 saturated heterocycles. The Kier molecular flexibility index (Phi) is 6.48. The van der Waals surface area contributed by atoms with E-state index in [1.54, 1.807) is 0 Å². The molecule has 21 heavy (non-hydrogen) atoms. The summed E-state index contributed by atoms with van der Waals surface area (Å²) in [5.41, 5.74) is 6.60. The van der Waals surface area contributed by atoms with Gasteiger partial charge >= 0.3 is 0 Å². The first-order valence-electron chi connectivity index (χ1n) is 7.17. The average molecular weight is 357 g/mol. The van der Waals surface area contributed by atoms with Crippen LogP contribution in [0.5, 0.6) is 5.75 Å². The largest absolute Gasteiger partial charge is 0.483 e. The molecule has 1 heterocycles. The highest BCUT2D eigenvalue weighted by Gasteiger charge is 2.16. The van der Waals surface area contributed by atoms with E-state index in [1.807, 2.05) is 18.2 Å². The summed E-state index contributed by atoms with van der Waals surface area (Å²) in [5.74, 6) is 0.620. The van der Waals surface area contributed by atoms with E-state index < -0.39 is 0 Å². The quantitative estimate of drug-likeness (QED) is 0.812. The fourth-order valence-electron chi connectivity index (χ4n) is 2.29. The van der Waals surface area contributed by atoms with E-state index in [0.29, 0.717) is 25.5 Å². The number of hydrogen-bond acceptors (Lipinski definition) is 4. The Bertz CT molecular complexity index is 476. The smallest absolute Gasteiger partial charge is 0.258 e. The zero-order valence-electron chi connectivity index (χ0n) is 11.9. The molecule has 116 valence electrons. The minimum Gasteiger partial charge on any atom is -0.483 e. The Morgan fingerprint density at radius 2 is 2.19 bits per heavy atom. The second-order valence-corrected chi connectivity index (χ2v) is 5.95. The molecule has 0 atom stereocenters. The number of carbonyl (C=O) groups excluding carboxylic acids is 1. The van der Waals surface area contributed by atoms with Gasteiger partial charge in [-0.25, -0.2) is 0 Å². The van der Waals surface area contributed by atoms with Gasteiger partial charge in [-0.05, 0) is 49.6 Å². The molecular weight excluding hydrogens is 336 g/mol. The second kappa shape index (κ2) is 8.36. The third-order valence-corrected chi connectivity index (χ3v) is 3.87. The Labute approximate surface area is 133 Å². The van der Waals surface area contributed by atoms with Crippen molar-refractivity contribution in [2.45, 2.75) is 25.3 Å². The van der Waals surface area contributed by atoms with Crippen molar-refractivity contribution in [3.05, 3.63) is 28.2 Å². The number of amides is 1. The van der Waals surface area contributed by atoms with Gasteiger partial charge in [0.25, 0.3) is 5.91 Å². The Morgan fingerprint density at radius 3 is 2.90 bits per heavy atom. The van der Waals surface area contributed by atoms with Gasteiger partial charge in [0, 0.05) is 23.7 Å². The maximum atomic E-state index is 11.9. The van der Waals surface area contributed by atoms with Gasteiger partial charge in [-0.2, -0.15) is 0 Å². The van der Waals surface area contributed by atoms with Crippen molar-refractivity contribution < 1.29 is 14.3 Å². The molecule has 0 aromatic heterocycles. The van der Waals surface area contributed by atoms with Crippen molar-refractivity contribution in [1.29, 1.82) is 0 Å². The summed E-state index contributed by atoms with van der Waals surface area (Å²) >= 11 is 3.42. The summed E-state index contributed by atoms with van der Waals surface area (Å²) in [6.45, 7) is 1.98. The molecule has 0 spiro atoms. The summed E-state index contributed by atoms with van der Waals surface area (Å²) in [6.07, 6.45) is 2.45. The lowest BCUT2D eigenvalue weighted by molar-refractivity contribution is -0.124. The summed E-state index contributed by atoms with van der Waals surface area (Å²) in [6, 6.07) is 5.92. The molecule has 1 aromatic rings. The van der Waals surface area contributed by atoms with E-state index >= 15 is 0 Å². The maximum Gasteiger partial charge on any atom is 0.258 e. The number of ether oxygens (including phenoxy) is 2. The highest BCUT2D eigenvalue weighted by Crippen LogP contribution is 2.23. The van der Waals surface area contributed by atoms with Crippen molar-refractivity contribution in [2.75, 3.05) is 26.4 Å². The normalized spacial score (nSPS) is 15.7. The van der Waals surface area contributed by atoms with E-state index in [9.17, 15) is 4.79 Å². The zero-order valence-corrected chi connectivity index (χ0v) is 13.5. The molecule has 0 radical (unpaired) electrons. The molecule has 0 saturated carbocycles. The van der Waals surface area contributed by atoms with Gasteiger partial charge in [0.05, 0.1) is 0 Å². The molecule has 1 aliphatic rings. The van der Waals surface area contributed by atoms with Gasteiger partial charge in [0.1, 0.15) is 5.75 Å². The molecule has 1 amide bonds. The van der Waals surface area contributed by atoms with Crippen LogP contribution in [0.25, 0.3) is 0 Å². The van der Waals surface area contributed by atoms with E-state index in [-0.39, 0.29) is 18.6 Å². The predicted molar refractivity (Wildman–Crippen MR) is 84.4 cm³/mol. The van der Waals surface area contributed by atoms with Crippen LogP contribution in [0.1, 0.15) is 18.4 Å². The number of nitrogens with one attached hydrogen (secondary N) is 1. The lowest BCUT2D eigenvalue weighted by Gasteiger charge is -2.23. The monoisotopic (exact) mass is 356 g/mol.